The standard InChI is InChI=1S/C43H34F7N7O3S/c1-20-33-34-37(43(48,49)50)55-57(38(34)42(46,47)35(20)33)19-32(58)52-30(14-21-12-25(44)16-26(45)13-21)36-28(23-2-3-24-18-51-40(59)29(24)15-23)17-31-39(53-36)54-41(61-31)22-4-6-27(7-5-22)56-8-10-60-11-9-56/h2-7,12-13,15-17,20,30,33,35H,8-11,14,18-19H2,1H3,(H,51,59)(H,52,58)/t20-,30+,33-,35-/m1/s1. The molecule has 2 aliphatic carbocycles. The van der Waals surface area contributed by atoms with Gasteiger partial charge in [0.1, 0.15) is 28.9 Å². The summed E-state index contributed by atoms with van der Waals surface area (Å²) < 4.78 is 110. The minimum Gasteiger partial charge on any atom is -0.378 e. The highest BCUT2D eigenvalue weighted by Gasteiger charge is 2.72. The number of aromatic nitrogens is 4. The number of fused-ring (bicyclic) bond motifs is 5. The minimum atomic E-state index is -5.05. The second-order valence-corrected chi connectivity index (χ2v) is 16.9. The number of anilines is 1. The van der Waals surface area contributed by atoms with Gasteiger partial charge in [-0.3, -0.25) is 14.3 Å². The Kier molecular flexibility index (Phi) is 9.24. The molecule has 4 aliphatic rings. The molecule has 6 aromatic rings. The number of nitrogens with one attached hydrogen (secondary N) is 2. The number of hydrogen-bond acceptors (Lipinski definition) is 8. The van der Waals surface area contributed by atoms with Crippen LogP contribution in [0.15, 0.2) is 66.7 Å². The number of morpholine rings is 1. The van der Waals surface area contributed by atoms with Crippen LogP contribution in [0.4, 0.5) is 36.4 Å². The van der Waals surface area contributed by atoms with Gasteiger partial charge in [-0.1, -0.05) is 19.1 Å². The van der Waals surface area contributed by atoms with Crippen LogP contribution in [0.2, 0.25) is 0 Å². The van der Waals surface area contributed by atoms with Gasteiger partial charge in [0.05, 0.1) is 29.6 Å². The van der Waals surface area contributed by atoms with Crippen molar-refractivity contribution in [2.24, 2.45) is 11.8 Å². The van der Waals surface area contributed by atoms with Crippen molar-refractivity contribution in [2.45, 2.75) is 50.5 Å². The number of hydrogen-bond donors (Lipinski definition) is 2. The second-order valence-electron chi connectivity index (χ2n) is 15.9. The monoisotopic (exact) mass is 861 g/mol. The molecule has 3 aromatic heterocycles. The highest BCUT2D eigenvalue weighted by molar-refractivity contribution is 7.21. The quantitative estimate of drug-likeness (QED) is 0.141. The number of alkyl halides is 5. The molecular weight excluding hydrogens is 828 g/mol. The van der Waals surface area contributed by atoms with Crippen molar-refractivity contribution in [1.82, 2.24) is 30.4 Å². The maximum Gasteiger partial charge on any atom is 0.435 e. The van der Waals surface area contributed by atoms with Crippen LogP contribution < -0.4 is 15.5 Å². The van der Waals surface area contributed by atoms with Crippen LogP contribution in [0.25, 0.3) is 32.0 Å². The topological polar surface area (TPSA) is 114 Å². The van der Waals surface area contributed by atoms with Gasteiger partial charge in [0.25, 0.3) is 11.8 Å². The minimum absolute atomic E-state index is 0.0863. The van der Waals surface area contributed by atoms with Crippen molar-refractivity contribution < 1.29 is 45.1 Å². The van der Waals surface area contributed by atoms with Gasteiger partial charge in [-0.05, 0) is 77.6 Å². The summed E-state index contributed by atoms with van der Waals surface area (Å²) in [6.07, 6.45) is -5.35. The van der Waals surface area contributed by atoms with Crippen molar-refractivity contribution >= 4 is 39.2 Å². The number of halogens is 7. The fourth-order valence-corrected chi connectivity index (χ4v) is 10.1. The third kappa shape index (κ3) is 6.89. The van der Waals surface area contributed by atoms with E-state index in [0.29, 0.717) is 56.9 Å². The first-order valence-corrected chi connectivity index (χ1v) is 20.4. The molecule has 3 aromatic carbocycles. The number of rotatable bonds is 9. The van der Waals surface area contributed by atoms with Gasteiger partial charge in [-0.25, -0.2) is 18.7 Å². The van der Waals surface area contributed by atoms with Crippen LogP contribution in [-0.4, -0.2) is 57.9 Å². The number of nitrogens with zero attached hydrogens (tertiary/aromatic N) is 5. The lowest BCUT2D eigenvalue weighted by molar-refractivity contribution is -0.142. The van der Waals surface area contributed by atoms with Crippen LogP contribution in [0.5, 0.6) is 0 Å². The van der Waals surface area contributed by atoms with Crippen LogP contribution >= 0.6 is 11.3 Å². The molecule has 10 rings (SSSR count). The van der Waals surface area contributed by atoms with Crippen molar-refractivity contribution in [3.8, 4) is 21.7 Å². The van der Waals surface area contributed by atoms with E-state index in [1.54, 1.807) is 24.3 Å². The zero-order valence-electron chi connectivity index (χ0n) is 32.1. The van der Waals surface area contributed by atoms with E-state index in [2.05, 4.69) is 20.6 Å². The molecule has 18 heteroatoms. The van der Waals surface area contributed by atoms with Crippen LogP contribution in [-0.2, 0) is 41.1 Å². The van der Waals surface area contributed by atoms with Gasteiger partial charge >= 0.3 is 6.18 Å². The molecule has 0 unspecified atom stereocenters. The largest absolute Gasteiger partial charge is 0.435 e. The Bertz CT molecular complexity index is 2750. The van der Waals surface area contributed by atoms with Gasteiger partial charge < -0.3 is 20.3 Å². The number of ether oxygens (including phenoxy) is 1. The van der Waals surface area contributed by atoms with Crippen molar-refractivity contribution in [2.75, 3.05) is 31.2 Å². The van der Waals surface area contributed by atoms with E-state index in [4.69, 9.17) is 14.7 Å². The van der Waals surface area contributed by atoms with E-state index in [9.17, 15) is 31.5 Å². The molecule has 0 spiro atoms. The maximum atomic E-state index is 15.7. The number of carbonyl (C=O) groups is 2. The van der Waals surface area contributed by atoms with E-state index in [1.807, 2.05) is 24.3 Å². The Hall–Kier alpha value is -5.88. The molecule has 1 saturated carbocycles. The molecule has 0 radical (unpaired) electrons. The van der Waals surface area contributed by atoms with Gasteiger partial charge in [0.15, 0.2) is 11.3 Å². The predicted octanol–water partition coefficient (Wildman–Crippen LogP) is 8.15. The Morgan fingerprint density at radius 2 is 1.70 bits per heavy atom. The molecule has 4 atom stereocenters. The Morgan fingerprint density at radius 1 is 0.984 bits per heavy atom. The lowest BCUT2D eigenvalue weighted by Crippen LogP contribution is -2.36. The number of thiazole rings is 1. The fourth-order valence-electron chi connectivity index (χ4n) is 9.16. The van der Waals surface area contributed by atoms with E-state index >= 15 is 8.78 Å². The predicted molar refractivity (Wildman–Crippen MR) is 210 cm³/mol. The number of benzene rings is 3. The molecule has 1 saturated heterocycles. The van der Waals surface area contributed by atoms with Crippen molar-refractivity contribution in [3.05, 3.63) is 118 Å². The molecule has 2 amide bonds. The molecule has 0 bridgehead atoms. The first-order valence-electron chi connectivity index (χ1n) is 19.6. The second kappa shape index (κ2) is 14.4. The van der Waals surface area contributed by atoms with Gasteiger partial charge in [-0.15, -0.1) is 11.3 Å². The van der Waals surface area contributed by atoms with Crippen molar-refractivity contribution in [1.29, 1.82) is 0 Å². The Labute approximate surface area is 346 Å². The molecule has 314 valence electrons. The zero-order valence-corrected chi connectivity index (χ0v) is 32.9. The van der Waals surface area contributed by atoms with Gasteiger partial charge in [-0.2, -0.15) is 27.1 Å². The van der Waals surface area contributed by atoms with Crippen LogP contribution in [0.3, 0.4) is 0 Å². The normalized spacial score (nSPS) is 20.6. The van der Waals surface area contributed by atoms with Crippen LogP contribution in [0, 0.1) is 23.5 Å². The van der Waals surface area contributed by atoms with Crippen molar-refractivity contribution in [3.63, 3.8) is 0 Å². The third-order valence-electron chi connectivity index (χ3n) is 12.0. The average Bonchev–Trinajstić information content (AvgIpc) is 3.59. The summed E-state index contributed by atoms with van der Waals surface area (Å²) in [5, 5.41) is 9.65. The lowest BCUT2D eigenvalue weighted by Gasteiger charge is -2.28. The van der Waals surface area contributed by atoms with E-state index < -0.39 is 76.9 Å². The molecular formula is C43H34F7N7O3S. The highest BCUT2D eigenvalue weighted by atomic mass is 32.1. The average molecular weight is 862 g/mol. The molecule has 2 N–H and O–H groups in total. The van der Waals surface area contributed by atoms with Gasteiger partial charge in [0.2, 0.25) is 5.91 Å². The number of amides is 2. The third-order valence-corrected chi connectivity index (χ3v) is 13.1. The Balaban J connectivity index is 1.07. The molecule has 5 heterocycles. The van der Waals surface area contributed by atoms with E-state index in [0.717, 1.165) is 42.0 Å². The first kappa shape index (κ1) is 39.3. The summed E-state index contributed by atoms with van der Waals surface area (Å²) >= 11 is 1.34. The molecule has 61 heavy (non-hydrogen) atoms. The SMILES string of the molecule is C[C@@H]1[C@@H]2c3c(C(F)(F)F)nn(CC(=O)N[C@@H](Cc4cc(F)cc(F)c4)c4nc5nc(-c6ccc(N7CCOCC7)cc6)sc5cc4-c4ccc5c(c4)C(=O)NC5)c3C(F)(F)[C@H]12. The summed E-state index contributed by atoms with van der Waals surface area (Å²) in [7, 11) is 0. The maximum absolute atomic E-state index is 15.7. The summed E-state index contributed by atoms with van der Waals surface area (Å²) in [5.41, 5.74) is 1.37. The van der Waals surface area contributed by atoms with E-state index in [-0.39, 0.29) is 29.2 Å². The summed E-state index contributed by atoms with van der Waals surface area (Å²) in [6, 6.07) is 16.4. The van der Waals surface area contributed by atoms with Gasteiger partial charge in [0, 0.05) is 65.5 Å². The zero-order chi connectivity index (χ0) is 42.5. The number of carbonyl (C=O) groups excluding carboxylic acids is 2. The lowest BCUT2D eigenvalue weighted by atomic mass is 9.93. The fraction of sp³-hybridized carbons (Fsp3) is 0.326. The number of pyridine rings is 1. The highest BCUT2D eigenvalue weighted by Crippen LogP contribution is 2.71. The summed E-state index contributed by atoms with van der Waals surface area (Å²) in [5.74, 6) is -9.88. The van der Waals surface area contributed by atoms with E-state index in [1.165, 1.54) is 18.3 Å². The smallest absolute Gasteiger partial charge is 0.378 e. The van der Waals surface area contributed by atoms with Crippen LogP contribution in [0.1, 0.15) is 63.0 Å². The molecule has 10 nitrogen and oxygen atoms in total. The summed E-state index contributed by atoms with van der Waals surface area (Å²) in [6.45, 7) is 3.52. The summed E-state index contributed by atoms with van der Waals surface area (Å²) in [4.78, 5) is 38.8. The Morgan fingerprint density at radius 3 is 2.43 bits per heavy atom. The molecule has 2 fully saturated rings. The molecule has 2 aliphatic heterocycles. The first-order chi connectivity index (χ1) is 29.1.